The molecule has 3 aromatic rings. The first kappa shape index (κ1) is 15.0. The Balaban J connectivity index is 2.27. The minimum Gasteiger partial charge on any atom is -0.297 e. The monoisotopic (exact) mass is 338 g/mol. The van der Waals surface area contributed by atoms with Crippen molar-refractivity contribution in [1.29, 1.82) is 0 Å². The summed E-state index contributed by atoms with van der Waals surface area (Å²) in [6.07, 6.45) is 1.42. The van der Waals surface area contributed by atoms with Crippen molar-refractivity contribution in [1.82, 2.24) is 9.55 Å². The van der Waals surface area contributed by atoms with Gasteiger partial charge in [0.05, 0.1) is 11.3 Å². The Bertz CT molecular complexity index is 842. The molecule has 0 bridgehead atoms. The molecule has 0 atom stereocenters. The zero-order valence-corrected chi connectivity index (χ0v) is 13.0. The lowest BCUT2D eigenvalue weighted by molar-refractivity contribution is 0.582. The number of aryl methyl sites for hydroxylation is 1. The van der Waals surface area contributed by atoms with Crippen LogP contribution in [0.2, 0.25) is 10.2 Å². The van der Waals surface area contributed by atoms with Gasteiger partial charge in [0.15, 0.2) is 5.15 Å². The van der Waals surface area contributed by atoms with Gasteiger partial charge in [-0.25, -0.2) is 13.8 Å². The predicted molar refractivity (Wildman–Crippen MR) is 83.7 cm³/mol. The van der Waals surface area contributed by atoms with Gasteiger partial charge >= 0.3 is 0 Å². The topological polar surface area (TPSA) is 17.8 Å². The van der Waals surface area contributed by atoms with E-state index in [0.717, 1.165) is 0 Å². The van der Waals surface area contributed by atoms with Crippen LogP contribution in [0.25, 0.3) is 16.9 Å². The second kappa shape index (κ2) is 5.71. The van der Waals surface area contributed by atoms with E-state index in [9.17, 15) is 8.78 Å². The third-order valence-corrected chi connectivity index (χ3v) is 3.88. The summed E-state index contributed by atoms with van der Waals surface area (Å²) in [5, 5.41) is 0.586. The molecule has 6 heteroatoms. The Hall–Kier alpha value is -1.91. The van der Waals surface area contributed by atoms with Gasteiger partial charge in [0.2, 0.25) is 0 Å². The Morgan fingerprint density at radius 3 is 2.36 bits per heavy atom. The number of rotatable bonds is 2. The molecule has 3 rings (SSSR count). The van der Waals surface area contributed by atoms with Gasteiger partial charge in [0.25, 0.3) is 0 Å². The van der Waals surface area contributed by atoms with E-state index in [4.69, 9.17) is 23.2 Å². The molecular weight excluding hydrogens is 329 g/mol. The molecule has 0 saturated heterocycles. The number of hydrogen-bond acceptors (Lipinski definition) is 1. The van der Waals surface area contributed by atoms with Crippen LogP contribution in [-0.4, -0.2) is 9.55 Å². The average Bonchev–Trinajstić information content (AvgIpc) is 2.86. The average molecular weight is 339 g/mol. The first-order valence-corrected chi connectivity index (χ1v) is 7.18. The van der Waals surface area contributed by atoms with Crippen LogP contribution in [0.3, 0.4) is 0 Å². The highest BCUT2D eigenvalue weighted by Gasteiger charge is 2.21. The Morgan fingerprint density at radius 2 is 1.68 bits per heavy atom. The van der Waals surface area contributed by atoms with Crippen LogP contribution in [-0.2, 0) is 0 Å². The summed E-state index contributed by atoms with van der Waals surface area (Å²) in [7, 11) is 0. The third-order valence-electron chi connectivity index (χ3n) is 3.35. The summed E-state index contributed by atoms with van der Waals surface area (Å²) in [6, 6.07) is 9.38. The molecule has 1 aromatic heterocycles. The fraction of sp³-hybridized carbons (Fsp3) is 0.0625. The maximum Gasteiger partial charge on any atom is 0.155 e. The minimum atomic E-state index is -0.694. The van der Waals surface area contributed by atoms with Crippen molar-refractivity contribution in [3.05, 3.63) is 70.1 Å². The van der Waals surface area contributed by atoms with Gasteiger partial charge in [0, 0.05) is 10.7 Å². The molecule has 0 aliphatic carbocycles. The quantitative estimate of drug-likeness (QED) is 0.608. The molecule has 22 heavy (non-hydrogen) atoms. The van der Waals surface area contributed by atoms with Crippen molar-refractivity contribution >= 4 is 23.2 Å². The fourth-order valence-corrected chi connectivity index (χ4v) is 2.58. The second-order valence-corrected chi connectivity index (χ2v) is 5.58. The number of imidazole rings is 1. The Labute approximate surface area is 135 Å². The zero-order valence-electron chi connectivity index (χ0n) is 11.4. The van der Waals surface area contributed by atoms with Crippen LogP contribution in [0, 0.1) is 18.6 Å². The van der Waals surface area contributed by atoms with E-state index < -0.39 is 11.6 Å². The highest BCUT2D eigenvalue weighted by atomic mass is 35.5. The van der Waals surface area contributed by atoms with Gasteiger partial charge in [-0.15, -0.1) is 0 Å². The van der Waals surface area contributed by atoms with E-state index in [1.54, 1.807) is 31.2 Å². The lowest BCUT2D eigenvalue weighted by Crippen LogP contribution is -2.00. The SMILES string of the molecule is Cc1ccc(F)c(-c2c(Cl)ncn2-c2ccc(Cl)cc2)c1F. The van der Waals surface area contributed by atoms with E-state index in [0.29, 0.717) is 16.3 Å². The van der Waals surface area contributed by atoms with Crippen molar-refractivity contribution in [3.8, 4) is 16.9 Å². The van der Waals surface area contributed by atoms with Gasteiger partial charge in [-0.3, -0.25) is 4.57 Å². The molecule has 0 amide bonds. The van der Waals surface area contributed by atoms with E-state index in [-0.39, 0.29) is 16.4 Å². The maximum atomic E-state index is 14.4. The van der Waals surface area contributed by atoms with Crippen molar-refractivity contribution < 1.29 is 8.78 Å². The molecule has 112 valence electrons. The van der Waals surface area contributed by atoms with Crippen molar-refractivity contribution in [2.24, 2.45) is 0 Å². The van der Waals surface area contributed by atoms with Crippen LogP contribution >= 0.6 is 23.2 Å². The molecule has 0 saturated carbocycles. The van der Waals surface area contributed by atoms with Crippen LogP contribution < -0.4 is 0 Å². The molecule has 0 fully saturated rings. The molecule has 0 spiro atoms. The molecule has 0 aliphatic rings. The highest BCUT2D eigenvalue weighted by molar-refractivity contribution is 6.32. The summed E-state index contributed by atoms with van der Waals surface area (Å²) in [6.45, 7) is 1.56. The summed E-state index contributed by atoms with van der Waals surface area (Å²) in [5.41, 5.74) is 0.954. The van der Waals surface area contributed by atoms with Crippen LogP contribution in [0.5, 0.6) is 0 Å². The number of aromatic nitrogens is 2. The van der Waals surface area contributed by atoms with Gasteiger partial charge in [0.1, 0.15) is 18.0 Å². The molecule has 0 radical (unpaired) electrons. The van der Waals surface area contributed by atoms with Crippen LogP contribution in [0.1, 0.15) is 5.56 Å². The molecule has 1 heterocycles. The standard InChI is InChI=1S/C16H10Cl2F2N2/c1-9-2-7-12(19)13(14(9)20)15-16(18)21-8-22(15)11-5-3-10(17)4-6-11/h2-8H,1H3. The van der Waals surface area contributed by atoms with Crippen molar-refractivity contribution in [2.75, 3.05) is 0 Å². The molecule has 2 aromatic carbocycles. The molecule has 0 N–H and O–H groups in total. The van der Waals surface area contributed by atoms with E-state index in [2.05, 4.69) is 4.98 Å². The number of benzene rings is 2. The van der Waals surface area contributed by atoms with E-state index in [1.165, 1.54) is 23.0 Å². The first-order valence-electron chi connectivity index (χ1n) is 6.43. The molecule has 2 nitrogen and oxygen atoms in total. The fourth-order valence-electron chi connectivity index (χ4n) is 2.22. The van der Waals surface area contributed by atoms with E-state index in [1.807, 2.05) is 0 Å². The predicted octanol–water partition coefficient (Wildman–Crippen LogP) is 5.43. The maximum absolute atomic E-state index is 14.4. The largest absolute Gasteiger partial charge is 0.297 e. The lowest BCUT2D eigenvalue weighted by Gasteiger charge is -2.12. The smallest absolute Gasteiger partial charge is 0.155 e. The van der Waals surface area contributed by atoms with Crippen LogP contribution in [0.15, 0.2) is 42.7 Å². The Kier molecular flexibility index (Phi) is 3.89. The number of halogens is 4. The summed E-state index contributed by atoms with van der Waals surface area (Å²) < 4.78 is 30.1. The van der Waals surface area contributed by atoms with Gasteiger partial charge in [-0.1, -0.05) is 29.3 Å². The van der Waals surface area contributed by atoms with E-state index >= 15 is 0 Å². The molecular formula is C16H10Cl2F2N2. The molecule has 0 aliphatic heterocycles. The third kappa shape index (κ3) is 2.49. The van der Waals surface area contributed by atoms with Gasteiger partial charge < -0.3 is 0 Å². The van der Waals surface area contributed by atoms with Crippen molar-refractivity contribution in [3.63, 3.8) is 0 Å². The minimum absolute atomic E-state index is 0.0263. The highest BCUT2D eigenvalue weighted by Crippen LogP contribution is 2.34. The number of nitrogens with zero attached hydrogens (tertiary/aromatic N) is 2. The normalized spacial score (nSPS) is 11.0. The van der Waals surface area contributed by atoms with Gasteiger partial charge in [-0.2, -0.15) is 0 Å². The first-order chi connectivity index (χ1) is 10.5. The number of hydrogen-bond donors (Lipinski definition) is 0. The summed E-state index contributed by atoms with van der Waals surface area (Å²) in [4.78, 5) is 3.97. The van der Waals surface area contributed by atoms with Crippen molar-refractivity contribution in [2.45, 2.75) is 6.92 Å². The second-order valence-electron chi connectivity index (χ2n) is 4.78. The van der Waals surface area contributed by atoms with Crippen LogP contribution in [0.4, 0.5) is 8.78 Å². The summed E-state index contributed by atoms with van der Waals surface area (Å²) in [5.74, 6) is -1.35. The summed E-state index contributed by atoms with van der Waals surface area (Å²) >= 11 is 11.9. The lowest BCUT2D eigenvalue weighted by atomic mass is 10.1. The Morgan fingerprint density at radius 1 is 1.00 bits per heavy atom. The van der Waals surface area contributed by atoms with Gasteiger partial charge in [-0.05, 0) is 42.8 Å². The zero-order chi connectivity index (χ0) is 15.9. The molecule has 0 unspecified atom stereocenters.